The minimum Gasteiger partial charge on any atom is -0.480 e. The molecule has 2 amide bonds. The number of nitrogens with one attached hydrogen (secondary N) is 1. The quantitative estimate of drug-likeness (QED) is 0.648. The van der Waals surface area contributed by atoms with Gasteiger partial charge < -0.3 is 15.3 Å². The third kappa shape index (κ3) is 4.05. The summed E-state index contributed by atoms with van der Waals surface area (Å²) >= 11 is 0. The molecule has 0 aliphatic rings. The lowest BCUT2D eigenvalue weighted by molar-refractivity contribution is -0.159. The molecule has 0 rings (SSSR count). The molecule has 6 nitrogen and oxygen atoms in total. The van der Waals surface area contributed by atoms with Gasteiger partial charge in [-0.1, -0.05) is 6.92 Å². The number of rotatable bonds is 6. The molecule has 0 spiro atoms. The second-order valence-corrected chi connectivity index (χ2v) is 4.33. The van der Waals surface area contributed by atoms with Crippen molar-refractivity contribution in [3.05, 3.63) is 0 Å². The fourth-order valence-corrected chi connectivity index (χ4v) is 1.26. The van der Waals surface area contributed by atoms with Crippen molar-refractivity contribution in [1.29, 1.82) is 0 Å². The van der Waals surface area contributed by atoms with Crippen LogP contribution >= 0.6 is 0 Å². The highest BCUT2D eigenvalue weighted by Gasteiger charge is 2.39. The summed E-state index contributed by atoms with van der Waals surface area (Å²) in [5, 5.41) is 11.4. The average molecular weight is 244 g/mol. The van der Waals surface area contributed by atoms with Crippen LogP contribution in [0.25, 0.3) is 0 Å². The zero-order chi connectivity index (χ0) is 13.6. The van der Waals surface area contributed by atoms with Crippen molar-refractivity contribution >= 4 is 17.8 Å². The first-order chi connectivity index (χ1) is 7.77. The topological polar surface area (TPSA) is 86.7 Å². The molecule has 0 aliphatic carbocycles. The van der Waals surface area contributed by atoms with Crippen molar-refractivity contribution in [2.75, 3.05) is 20.1 Å². The number of hydrogen-bond donors (Lipinski definition) is 2. The molecule has 0 aromatic carbocycles. The molecule has 0 radical (unpaired) electrons. The molecule has 0 aromatic heterocycles. The van der Waals surface area contributed by atoms with Crippen molar-refractivity contribution in [3.8, 4) is 0 Å². The Balaban J connectivity index is 4.88. The van der Waals surface area contributed by atoms with E-state index in [1.165, 1.54) is 25.8 Å². The summed E-state index contributed by atoms with van der Waals surface area (Å²) in [6, 6.07) is 0. The molecule has 0 bridgehead atoms. The normalized spacial score (nSPS) is 10.8. The van der Waals surface area contributed by atoms with Crippen molar-refractivity contribution < 1.29 is 19.5 Å². The third-order valence-electron chi connectivity index (χ3n) is 2.46. The molecule has 17 heavy (non-hydrogen) atoms. The minimum absolute atomic E-state index is 0.111. The molecule has 0 aromatic rings. The zero-order valence-electron chi connectivity index (χ0n) is 10.7. The Hall–Kier alpha value is -1.59. The van der Waals surface area contributed by atoms with Gasteiger partial charge in [-0.15, -0.1) is 0 Å². The van der Waals surface area contributed by atoms with E-state index in [1.807, 2.05) is 6.92 Å². The lowest BCUT2D eigenvalue weighted by Gasteiger charge is -2.28. The van der Waals surface area contributed by atoms with Gasteiger partial charge in [0.05, 0.1) is 6.54 Å². The van der Waals surface area contributed by atoms with Crippen molar-refractivity contribution in [3.63, 3.8) is 0 Å². The Morgan fingerprint density at radius 2 is 1.82 bits per heavy atom. The number of likely N-dealkylation sites (N-methyl/N-ethyl adjacent to an activating group) is 1. The first-order valence-corrected chi connectivity index (χ1v) is 5.50. The number of nitrogens with zero attached hydrogens (tertiary/aromatic N) is 1. The van der Waals surface area contributed by atoms with Crippen LogP contribution in [0.4, 0.5) is 0 Å². The van der Waals surface area contributed by atoms with E-state index >= 15 is 0 Å². The van der Waals surface area contributed by atoms with Gasteiger partial charge in [-0.25, -0.2) is 0 Å². The molecular weight excluding hydrogens is 224 g/mol. The molecule has 0 heterocycles. The van der Waals surface area contributed by atoms with E-state index in [4.69, 9.17) is 5.11 Å². The Labute approximate surface area is 101 Å². The maximum Gasteiger partial charge on any atom is 0.318 e. The first kappa shape index (κ1) is 15.4. The van der Waals surface area contributed by atoms with Crippen LogP contribution in [-0.4, -0.2) is 47.9 Å². The number of aliphatic carboxylic acids is 1. The smallest absolute Gasteiger partial charge is 0.318 e. The van der Waals surface area contributed by atoms with E-state index in [1.54, 1.807) is 0 Å². The molecular formula is C11H20N2O4. The molecule has 0 fully saturated rings. The van der Waals surface area contributed by atoms with Crippen LogP contribution in [0.5, 0.6) is 0 Å². The molecule has 0 aliphatic heterocycles. The number of carbonyl (C=O) groups excluding carboxylic acids is 2. The second-order valence-electron chi connectivity index (χ2n) is 4.33. The highest BCUT2D eigenvalue weighted by Crippen LogP contribution is 2.19. The molecule has 0 unspecified atom stereocenters. The molecule has 6 heteroatoms. The van der Waals surface area contributed by atoms with Crippen LogP contribution < -0.4 is 5.32 Å². The standard InChI is InChI=1S/C11H20N2O4/c1-5-6-13(7-8(14)12-4)9(15)11(2,3)10(16)17/h5-7H2,1-4H3,(H,12,14)(H,16,17). The predicted octanol–water partition coefficient (Wildman–Crippen LogP) is 0.0818. The van der Waals surface area contributed by atoms with Gasteiger partial charge in [0.1, 0.15) is 5.41 Å². The highest BCUT2D eigenvalue weighted by molar-refractivity contribution is 6.02. The van der Waals surface area contributed by atoms with Crippen LogP contribution in [0.1, 0.15) is 27.2 Å². The van der Waals surface area contributed by atoms with Gasteiger partial charge in [-0.3, -0.25) is 14.4 Å². The molecule has 0 atom stereocenters. The van der Waals surface area contributed by atoms with E-state index in [0.29, 0.717) is 13.0 Å². The number of carboxylic acid groups (broad SMARTS) is 1. The number of amides is 2. The van der Waals surface area contributed by atoms with Crippen LogP contribution in [0.3, 0.4) is 0 Å². The fourth-order valence-electron chi connectivity index (χ4n) is 1.26. The Bertz CT molecular complexity index is 313. The van der Waals surface area contributed by atoms with Gasteiger partial charge in [0.15, 0.2) is 0 Å². The predicted molar refractivity (Wildman–Crippen MR) is 62.4 cm³/mol. The summed E-state index contributed by atoms with van der Waals surface area (Å²) in [4.78, 5) is 35.5. The van der Waals surface area contributed by atoms with E-state index in [-0.39, 0.29) is 12.5 Å². The summed E-state index contributed by atoms with van der Waals surface area (Å²) in [5.74, 6) is -2.05. The summed E-state index contributed by atoms with van der Waals surface area (Å²) in [5.41, 5.74) is -1.51. The Kier molecular flexibility index (Phi) is 5.64. The van der Waals surface area contributed by atoms with Gasteiger partial charge in [0.25, 0.3) is 0 Å². The lowest BCUT2D eigenvalue weighted by Crippen LogP contribution is -2.48. The lowest BCUT2D eigenvalue weighted by atomic mass is 9.91. The fraction of sp³-hybridized carbons (Fsp3) is 0.727. The Morgan fingerprint density at radius 1 is 1.29 bits per heavy atom. The van der Waals surface area contributed by atoms with Crippen LogP contribution in [-0.2, 0) is 14.4 Å². The number of carbonyl (C=O) groups is 3. The minimum atomic E-state index is -1.51. The van der Waals surface area contributed by atoms with E-state index in [9.17, 15) is 14.4 Å². The zero-order valence-corrected chi connectivity index (χ0v) is 10.7. The average Bonchev–Trinajstić information content (AvgIpc) is 2.26. The van der Waals surface area contributed by atoms with Gasteiger partial charge in [-0.2, -0.15) is 0 Å². The SMILES string of the molecule is CCCN(CC(=O)NC)C(=O)C(C)(C)C(=O)O. The summed E-state index contributed by atoms with van der Waals surface area (Å²) in [6.45, 7) is 4.79. The van der Waals surface area contributed by atoms with Gasteiger partial charge >= 0.3 is 5.97 Å². The summed E-state index contributed by atoms with van der Waals surface area (Å²) < 4.78 is 0. The molecule has 0 saturated heterocycles. The number of carboxylic acids is 1. The van der Waals surface area contributed by atoms with Crippen molar-refractivity contribution in [2.24, 2.45) is 5.41 Å². The van der Waals surface area contributed by atoms with Crippen LogP contribution in [0.15, 0.2) is 0 Å². The first-order valence-electron chi connectivity index (χ1n) is 5.50. The number of hydrogen-bond acceptors (Lipinski definition) is 3. The molecule has 98 valence electrons. The molecule has 0 saturated carbocycles. The van der Waals surface area contributed by atoms with Gasteiger partial charge in [-0.05, 0) is 20.3 Å². The maximum atomic E-state index is 12.0. The largest absolute Gasteiger partial charge is 0.480 e. The third-order valence-corrected chi connectivity index (χ3v) is 2.46. The van der Waals surface area contributed by atoms with Gasteiger partial charge in [0.2, 0.25) is 11.8 Å². The van der Waals surface area contributed by atoms with E-state index in [0.717, 1.165) is 0 Å². The van der Waals surface area contributed by atoms with Crippen molar-refractivity contribution in [2.45, 2.75) is 27.2 Å². The second kappa shape index (κ2) is 6.22. The molecule has 2 N–H and O–H groups in total. The van der Waals surface area contributed by atoms with E-state index in [2.05, 4.69) is 5.32 Å². The monoisotopic (exact) mass is 244 g/mol. The summed E-state index contributed by atoms with van der Waals surface area (Å²) in [6.07, 6.45) is 0.665. The highest BCUT2D eigenvalue weighted by atomic mass is 16.4. The van der Waals surface area contributed by atoms with Crippen molar-refractivity contribution in [1.82, 2.24) is 10.2 Å². The Morgan fingerprint density at radius 3 is 2.18 bits per heavy atom. The summed E-state index contributed by atoms with van der Waals surface area (Å²) in [7, 11) is 1.47. The van der Waals surface area contributed by atoms with Crippen LogP contribution in [0.2, 0.25) is 0 Å². The van der Waals surface area contributed by atoms with Crippen LogP contribution in [0, 0.1) is 5.41 Å². The van der Waals surface area contributed by atoms with E-state index < -0.39 is 17.3 Å². The van der Waals surface area contributed by atoms with Gasteiger partial charge in [0, 0.05) is 13.6 Å². The maximum absolute atomic E-state index is 12.0.